The molecule has 8 heteroatoms. The third kappa shape index (κ3) is 3.92. The molecule has 0 aliphatic heterocycles. The number of anilines is 1. The van der Waals surface area contributed by atoms with Gasteiger partial charge in [-0.05, 0) is 25.1 Å². The topological polar surface area (TPSA) is 93.1 Å². The summed E-state index contributed by atoms with van der Waals surface area (Å²) in [5.41, 5.74) is 2.96. The lowest BCUT2D eigenvalue weighted by Gasteiger charge is -2.11. The van der Waals surface area contributed by atoms with E-state index in [2.05, 4.69) is 10.4 Å². The first-order chi connectivity index (χ1) is 12.3. The number of carbonyl (C=O) groups is 1. The number of aromatic nitrogens is 2. The van der Waals surface area contributed by atoms with Gasteiger partial charge in [0, 0.05) is 24.4 Å². The number of para-hydroxylation sites is 1. The molecule has 0 unspecified atom stereocenters. The van der Waals surface area contributed by atoms with Crippen LogP contribution in [0.5, 0.6) is 0 Å². The van der Waals surface area contributed by atoms with Crippen LogP contribution in [0.4, 0.5) is 10.5 Å². The Morgan fingerprint density at radius 3 is 2.42 bits per heavy atom. The number of nitrogens with zero attached hydrogens (tertiary/aromatic N) is 2. The fourth-order valence-corrected chi connectivity index (χ4v) is 3.36. The van der Waals surface area contributed by atoms with E-state index in [1.807, 2.05) is 30.0 Å². The predicted octanol–water partition coefficient (Wildman–Crippen LogP) is 2.91. The van der Waals surface area contributed by atoms with Crippen molar-refractivity contribution in [2.45, 2.75) is 11.8 Å². The van der Waals surface area contributed by atoms with E-state index < -0.39 is 16.1 Å². The van der Waals surface area contributed by atoms with Crippen LogP contribution in [0.3, 0.4) is 0 Å². The van der Waals surface area contributed by atoms with Crippen LogP contribution in [0.2, 0.25) is 0 Å². The Bertz CT molecular complexity index is 1040. The SMILES string of the molecule is Cc1ccc(S(=O)(=O)NC(=O)Nc2ccccc2-c2cnn(C)c2)cc1. The molecule has 1 heterocycles. The average molecular weight is 370 g/mol. The molecule has 0 bridgehead atoms. The average Bonchev–Trinajstić information content (AvgIpc) is 3.01. The summed E-state index contributed by atoms with van der Waals surface area (Å²) in [6.45, 7) is 1.85. The zero-order valence-electron chi connectivity index (χ0n) is 14.3. The second-order valence-corrected chi connectivity index (χ2v) is 7.50. The van der Waals surface area contributed by atoms with Crippen LogP contribution in [0.1, 0.15) is 5.56 Å². The zero-order valence-corrected chi connectivity index (χ0v) is 15.1. The normalized spacial score (nSPS) is 11.2. The summed E-state index contributed by atoms with van der Waals surface area (Å²) in [4.78, 5) is 12.3. The number of nitrogens with one attached hydrogen (secondary N) is 2. The van der Waals surface area contributed by atoms with Gasteiger partial charge in [0.15, 0.2) is 0 Å². The van der Waals surface area contributed by atoms with Crippen molar-refractivity contribution in [1.29, 1.82) is 0 Å². The zero-order chi connectivity index (χ0) is 18.7. The van der Waals surface area contributed by atoms with E-state index in [0.717, 1.165) is 16.7 Å². The standard InChI is InChI=1S/C18H18N4O3S/c1-13-7-9-15(10-8-13)26(24,25)21-18(23)20-17-6-4-3-5-16(17)14-11-19-22(2)12-14/h3-12H,1-2H3,(H2,20,21,23). The Morgan fingerprint density at radius 1 is 1.08 bits per heavy atom. The van der Waals surface area contributed by atoms with Crippen LogP contribution in [-0.2, 0) is 17.1 Å². The van der Waals surface area contributed by atoms with E-state index in [1.165, 1.54) is 12.1 Å². The molecule has 0 saturated carbocycles. The Labute approximate surface area is 151 Å². The summed E-state index contributed by atoms with van der Waals surface area (Å²) < 4.78 is 28.3. The fourth-order valence-electron chi connectivity index (χ4n) is 2.45. The van der Waals surface area contributed by atoms with Crippen molar-refractivity contribution in [2.24, 2.45) is 7.05 Å². The molecule has 2 aromatic carbocycles. The molecule has 0 saturated heterocycles. The van der Waals surface area contributed by atoms with E-state index in [4.69, 9.17) is 0 Å². The van der Waals surface area contributed by atoms with Crippen molar-refractivity contribution in [2.75, 3.05) is 5.32 Å². The third-order valence-corrected chi connectivity index (χ3v) is 5.10. The molecule has 134 valence electrons. The molecule has 3 rings (SSSR count). The highest BCUT2D eigenvalue weighted by Crippen LogP contribution is 2.27. The molecule has 0 aliphatic carbocycles. The molecule has 0 fully saturated rings. The number of hydrogen-bond acceptors (Lipinski definition) is 4. The van der Waals surface area contributed by atoms with Gasteiger partial charge in [0.1, 0.15) is 0 Å². The summed E-state index contributed by atoms with van der Waals surface area (Å²) in [6.07, 6.45) is 3.48. The van der Waals surface area contributed by atoms with Crippen LogP contribution >= 0.6 is 0 Å². The molecule has 7 nitrogen and oxygen atoms in total. The molecule has 2 N–H and O–H groups in total. The van der Waals surface area contributed by atoms with E-state index in [1.54, 1.807) is 42.2 Å². The lowest BCUT2D eigenvalue weighted by Crippen LogP contribution is -2.34. The maximum Gasteiger partial charge on any atom is 0.333 e. The van der Waals surface area contributed by atoms with Crippen LogP contribution in [0, 0.1) is 6.92 Å². The molecule has 26 heavy (non-hydrogen) atoms. The van der Waals surface area contributed by atoms with Crippen LogP contribution in [0.15, 0.2) is 65.8 Å². The second-order valence-electron chi connectivity index (χ2n) is 5.82. The highest BCUT2D eigenvalue weighted by molar-refractivity contribution is 7.90. The number of carbonyl (C=O) groups excluding carboxylic acids is 1. The number of sulfonamides is 1. The second kappa shape index (κ2) is 7.01. The fraction of sp³-hybridized carbons (Fsp3) is 0.111. The van der Waals surface area contributed by atoms with Crippen molar-refractivity contribution in [3.63, 3.8) is 0 Å². The van der Waals surface area contributed by atoms with Gasteiger partial charge in [0.25, 0.3) is 10.0 Å². The minimum Gasteiger partial charge on any atom is -0.307 e. The van der Waals surface area contributed by atoms with Crippen LogP contribution < -0.4 is 10.0 Å². The minimum atomic E-state index is -3.95. The van der Waals surface area contributed by atoms with Crippen molar-refractivity contribution in [1.82, 2.24) is 14.5 Å². The van der Waals surface area contributed by atoms with E-state index in [0.29, 0.717) is 5.69 Å². The van der Waals surface area contributed by atoms with Gasteiger partial charge >= 0.3 is 6.03 Å². The summed E-state index contributed by atoms with van der Waals surface area (Å²) in [5, 5.41) is 6.70. The quantitative estimate of drug-likeness (QED) is 0.738. The number of amides is 2. The maximum atomic E-state index is 12.3. The van der Waals surface area contributed by atoms with E-state index in [-0.39, 0.29) is 4.90 Å². The summed E-state index contributed by atoms with van der Waals surface area (Å²) in [6, 6.07) is 12.5. The lowest BCUT2D eigenvalue weighted by molar-refractivity contribution is 0.256. The first-order valence-corrected chi connectivity index (χ1v) is 9.32. The van der Waals surface area contributed by atoms with Gasteiger partial charge < -0.3 is 5.32 Å². The Kier molecular flexibility index (Phi) is 4.77. The van der Waals surface area contributed by atoms with Gasteiger partial charge in [-0.2, -0.15) is 5.10 Å². The highest BCUT2D eigenvalue weighted by Gasteiger charge is 2.18. The Hall–Kier alpha value is -3.13. The number of rotatable bonds is 4. The molecule has 0 aliphatic rings. The predicted molar refractivity (Wildman–Crippen MR) is 99.2 cm³/mol. The number of urea groups is 1. The summed E-state index contributed by atoms with van der Waals surface area (Å²) >= 11 is 0. The van der Waals surface area contributed by atoms with E-state index in [9.17, 15) is 13.2 Å². The van der Waals surface area contributed by atoms with Crippen LogP contribution in [-0.4, -0.2) is 24.2 Å². The molecule has 1 aromatic heterocycles. The van der Waals surface area contributed by atoms with Gasteiger partial charge in [-0.1, -0.05) is 35.9 Å². The maximum absolute atomic E-state index is 12.3. The number of benzene rings is 2. The monoisotopic (exact) mass is 370 g/mol. The van der Waals surface area contributed by atoms with Crippen molar-refractivity contribution >= 4 is 21.7 Å². The van der Waals surface area contributed by atoms with Crippen LogP contribution in [0.25, 0.3) is 11.1 Å². The van der Waals surface area contributed by atoms with Gasteiger partial charge in [-0.25, -0.2) is 17.9 Å². The molecular formula is C18H18N4O3S. The smallest absolute Gasteiger partial charge is 0.307 e. The summed E-state index contributed by atoms with van der Waals surface area (Å²) in [5.74, 6) is 0. The molecule has 2 amide bonds. The van der Waals surface area contributed by atoms with E-state index >= 15 is 0 Å². The first-order valence-electron chi connectivity index (χ1n) is 7.84. The Balaban J connectivity index is 1.80. The summed E-state index contributed by atoms with van der Waals surface area (Å²) in [7, 11) is -2.16. The van der Waals surface area contributed by atoms with Gasteiger partial charge in [-0.3, -0.25) is 4.68 Å². The molecule has 0 radical (unpaired) electrons. The van der Waals surface area contributed by atoms with Crippen molar-refractivity contribution in [3.8, 4) is 11.1 Å². The molecule has 3 aromatic rings. The Morgan fingerprint density at radius 2 is 1.77 bits per heavy atom. The number of hydrogen-bond donors (Lipinski definition) is 2. The largest absolute Gasteiger partial charge is 0.333 e. The van der Waals surface area contributed by atoms with Gasteiger partial charge in [0.05, 0.1) is 16.8 Å². The highest BCUT2D eigenvalue weighted by atomic mass is 32.2. The van der Waals surface area contributed by atoms with Gasteiger partial charge in [-0.15, -0.1) is 0 Å². The first kappa shape index (κ1) is 17.7. The van der Waals surface area contributed by atoms with Crippen molar-refractivity contribution < 1.29 is 13.2 Å². The lowest BCUT2D eigenvalue weighted by atomic mass is 10.1. The minimum absolute atomic E-state index is 0.0267. The molecule has 0 spiro atoms. The molecule has 0 atom stereocenters. The molecular weight excluding hydrogens is 352 g/mol. The number of aryl methyl sites for hydroxylation is 2. The third-order valence-electron chi connectivity index (χ3n) is 3.75. The van der Waals surface area contributed by atoms with Gasteiger partial charge in [0.2, 0.25) is 0 Å². The van der Waals surface area contributed by atoms with Crippen molar-refractivity contribution in [3.05, 3.63) is 66.5 Å².